The van der Waals surface area contributed by atoms with Crippen LogP contribution in [0.25, 0.3) is 0 Å². The van der Waals surface area contributed by atoms with Crippen molar-refractivity contribution in [2.45, 2.75) is 25.7 Å². The molecule has 0 radical (unpaired) electrons. The van der Waals surface area contributed by atoms with Crippen LogP contribution in [0.1, 0.15) is 24.0 Å². The smallest absolute Gasteiger partial charge is 0.0396 e. The quantitative estimate of drug-likeness (QED) is 0.781. The number of para-hydroxylation sites is 2. The highest BCUT2D eigenvalue weighted by Crippen LogP contribution is 2.24. The van der Waals surface area contributed by atoms with E-state index in [4.69, 9.17) is 0 Å². The molecule has 2 aromatic rings. The van der Waals surface area contributed by atoms with Gasteiger partial charge >= 0.3 is 0 Å². The summed E-state index contributed by atoms with van der Waals surface area (Å²) in [6.45, 7) is 2.34. The van der Waals surface area contributed by atoms with E-state index in [9.17, 15) is 0 Å². The van der Waals surface area contributed by atoms with E-state index in [1.54, 1.807) is 0 Å². The topological polar surface area (TPSA) is 15.3 Å². The number of rotatable bonds is 0. The van der Waals surface area contributed by atoms with Gasteiger partial charge in [0.25, 0.3) is 0 Å². The second-order valence-electron chi connectivity index (χ2n) is 5.84. The van der Waals surface area contributed by atoms with Crippen molar-refractivity contribution < 1.29 is 0 Å². The SMILES string of the molecule is CN1CCCc2ccccc21.c1ccc2c(c1)CCCN2. The first-order valence-corrected chi connectivity index (χ1v) is 7.95. The predicted molar refractivity (Wildman–Crippen MR) is 91.3 cm³/mol. The maximum absolute atomic E-state index is 3.36. The molecular formula is C19H24N2. The fourth-order valence-corrected chi connectivity index (χ4v) is 3.13. The van der Waals surface area contributed by atoms with Gasteiger partial charge in [-0.1, -0.05) is 36.4 Å². The fraction of sp³-hybridized carbons (Fsp3) is 0.368. The summed E-state index contributed by atoms with van der Waals surface area (Å²) in [5, 5.41) is 3.36. The monoisotopic (exact) mass is 280 g/mol. The lowest BCUT2D eigenvalue weighted by Gasteiger charge is -2.26. The number of nitrogens with zero attached hydrogens (tertiary/aromatic N) is 1. The van der Waals surface area contributed by atoms with E-state index in [0.717, 1.165) is 6.54 Å². The summed E-state index contributed by atoms with van der Waals surface area (Å²) in [5.41, 5.74) is 5.71. The van der Waals surface area contributed by atoms with Crippen molar-refractivity contribution in [2.75, 3.05) is 30.4 Å². The van der Waals surface area contributed by atoms with Crippen LogP contribution in [-0.4, -0.2) is 20.1 Å². The average Bonchev–Trinajstić information content (AvgIpc) is 2.56. The van der Waals surface area contributed by atoms with Gasteiger partial charge < -0.3 is 10.2 Å². The minimum Gasteiger partial charge on any atom is -0.385 e. The van der Waals surface area contributed by atoms with Crippen molar-refractivity contribution in [1.29, 1.82) is 0 Å². The van der Waals surface area contributed by atoms with E-state index < -0.39 is 0 Å². The third kappa shape index (κ3) is 3.38. The highest BCUT2D eigenvalue weighted by molar-refractivity contribution is 5.54. The van der Waals surface area contributed by atoms with Crippen molar-refractivity contribution in [2.24, 2.45) is 0 Å². The van der Waals surface area contributed by atoms with Crippen LogP contribution in [0.2, 0.25) is 0 Å². The van der Waals surface area contributed by atoms with Gasteiger partial charge in [-0.3, -0.25) is 0 Å². The van der Waals surface area contributed by atoms with E-state index in [1.165, 1.54) is 54.7 Å². The van der Waals surface area contributed by atoms with Gasteiger partial charge in [0, 0.05) is 31.5 Å². The van der Waals surface area contributed by atoms with Gasteiger partial charge in [0.2, 0.25) is 0 Å². The minimum absolute atomic E-state index is 1.14. The normalized spacial score (nSPS) is 16.0. The molecule has 2 heteroatoms. The van der Waals surface area contributed by atoms with Crippen LogP contribution in [0, 0.1) is 0 Å². The molecule has 21 heavy (non-hydrogen) atoms. The molecule has 2 aromatic carbocycles. The molecule has 0 saturated carbocycles. The van der Waals surface area contributed by atoms with Crippen LogP contribution in [-0.2, 0) is 12.8 Å². The van der Waals surface area contributed by atoms with Gasteiger partial charge in [-0.05, 0) is 48.9 Å². The Morgan fingerprint density at radius 2 is 1.57 bits per heavy atom. The molecule has 1 N–H and O–H groups in total. The Labute approximate surface area is 127 Å². The number of benzene rings is 2. The van der Waals surface area contributed by atoms with Gasteiger partial charge in [-0.2, -0.15) is 0 Å². The third-order valence-electron chi connectivity index (χ3n) is 4.30. The fourth-order valence-electron chi connectivity index (χ4n) is 3.13. The lowest BCUT2D eigenvalue weighted by Crippen LogP contribution is -2.24. The van der Waals surface area contributed by atoms with Crippen molar-refractivity contribution >= 4 is 11.4 Å². The second kappa shape index (κ2) is 6.66. The first-order chi connectivity index (χ1) is 10.3. The zero-order valence-corrected chi connectivity index (χ0v) is 12.8. The maximum atomic E-state index is 3.36. The molecule has 0 aliphatic carbocycles. The first kappa shape index (κ1) is 14.0. The van der Waals surface area contributed by atoms with Crippen molar-refractivity contribution in [3.63, 3.8) is 0 Å². The zero-order chi connectivity index (χ0) is 14.5. The largest absolute Gasteiger partial charge is 0.385 e. The number of fused-ring (bicyclic) bond motifs is 2. The third-order valence-corrected chi connectivity index (χ3v) is 4.30. The molecule has 2 nitrogen and oxygen atoms in total. The molecule has 0 fully saturated rings. The number of hydrogen-bond acceptors (Lipinski definition) is 2. The first-order valence-electron chi connectivity index (χ1n) is 7.95. The molecule has 2 aliphatic heterocycles. The van der Waals surface area contributed by atoms with Gasteiger partial charge in [-0.25, -0.2) is 0 Å². The van der Waals surface area contributed by atoms with Crippen LogP contribution in [0.3, 0.4) is 0 Å². The van der Waals surface area contributed by atoms with Crippen LogP contribution in [0.15, 0.2) is 48.5 Å². The summed E-state index contributed by atoms with van der Waals surface area (Å²) in [5.74, 6) is 0. The van der Waals surface area contributed by atoms with Gasteiger partial charge in [0.15, 0.2) is 0 Å². The van der Waals surface area contributed by atoms with Crippen LogP contribution in [0.4, 0.5) is 11.4 Å². The van der Waals surface area contributed by atoms with Crippen LogP contribution in [0.5, 0.6) is 0 Å². The van der Waals surface area contributed by atoms with Crippen LogP contribution < -0.4 is 10.2 Å². The number of hydrogen-bond donors (Lipinski definition) is 1. The highest BCUT2D eigenvalue weighted by atomic mass is 15.1. The lowest BCUT2D eigenvalue weighted by atomic mass is 10.0. The summed E-state index contributed by atoms with van der Waals surface area (Å²) in [6.07, 6.45) is 5.06. The van der Waals surface area contributed by atoms with Crippen LogP contribution >= 0.6 is 0 Å². The van der Waals surface area contributed by atoms with Gasteiger partial charge in [0.05, 0.1) is 0 Å². The molecule has 2 aliphatic rings. The van der Waals surface area contributed by atoms with Gasteiger partial charge in [-0.15, -0.1) is 0 Å². The predicted octanol–water partition coefficient (Wildman–Crippen LogP) is 4.11. The Kier molecular flexibility index (Phi) is 4.44. The Bertz CT molecular complexity index is 567. The second-order valence-corrected chi connectivity index (χ2v) is 5.84. The van der Waals surface area contributed by atoms with Gasteiger partial charge in [0.1, 0.15) is 0 Å². The summed E-state index contributed by atoms with van der Waals surface area (Å²) < 4.78 is 0. The summed E-state index contributed by atoms with van der Waals surface area (Å²) in [7, 11) is 2.16. The zero-order valence-electron chi connectivity index (χ0n) is 12.8. The molecule has 0 aromatic heterocycles. The van der Waals surface area contributed by atoms with Crippen molar-refractivity contribution in [1.82, 2.24) is 0 Å². The Morgan fingerprint density at radius 1 is 0.857 bits per heavy atom. The standard InChI is InChI=1S/C10H13N.C9H11N/c1-11-8-4-6-9-5-2-3-7-10(9)11;1-2-6-9-8(4-1)5-3-7-10-9/h2-3,5,7H,4,6,8H2,1H3;1-2,4,6,10H,3,5,7H2. The summed E-state index contributed by atoms with van der Waals surface area (Å²) in [6, 6.07) is 17.2. The number of aryl methyl sites for hydroxylation is 2. The summed E-state index contributed by atoms with van der Waals surface area (Å²) >= 11 is 0. The molecule has 0 spiro atoms. The van der Waals surface area contributed by atoms with E-state index in [2.05, 4.69) is 65.8 Å². The molecule has 0 saturated heterocycles. The molecule has 0 atom stereocenters. The molecular weight excluding hydrogens is 256 g/mol. The van der Waals surface area contributed by atoms with Crippen molar-refractivity contribution in [3.05, 3.63) is 59.7 Å². The van der Waals surface area contributed by atoms with E-state index in [1.807, 2.05) is 0 Å². The molecule has 2 heterocycles. The average molecular weight is 280 g/mol. The Hall–Kier alpha value is -1.96. The molecule has 110 valence electrons. The number of anilines is 2. The molecule has 0 unspecified atom stereocenters. The Balaban J connectivity index is 0.000000126. The van der Waals surface area contributed by atoms with E-state index >= 15 is 0 Å². The van der Waals surface area contributed by atoms with Crippen molar-refractivity contribution in [3.8, 4) is 0 Å². The molecule has 4 rings (SSSR count). The highest BCUT2D eigenvalue weighted by Gasteiger charge is 2.11. The summed E-state index contributed by atoms with van der Waals surface area (Å²) in [4.78, 5) is 2.33. The molecule has 0 bridgehead atoms. The minimum atomic E-state index is 1.14. The lowest BCUT2D eigenvalue weighted by molar-refractivity contribution is 0.744. The Morgan fingerprint density at radius 3 is 2.38 bits per heavy atom. The maximum Gasteiger partial charge on any atom is 0.0396 e. The van der Waals surface area contributed by atoms with E-state index in [0.29, 0.717) is 0 Å². The van der Waals surface area contributed by atoms with E-state index in [-0.39, 0.29) is 0 Å². The molecule has 0 amide bonds. The number of nitrogens with one attached hydrogen (secondary N) is 1.